The molecule has 24 heavy (non-hydrogen) atoms. The van der Waals surface area contributed by atoms with Crippen molar-refractivity contribution in [3.05, 3.63) is 29.8 Å². The summed E-state index contributed by atoms with van der Waals surface area (Å²) >= 11 is 0. The Morgan fingerprint density at radius 3 is 2.96 bits per heavy atom. The van der Waals surface area contributed by atoms with Crippen molar-refractivity contribution in [1.29, 1.82) is 0 Å². The molecule has 2 N–H and O–H groups in total. The van der Waals surface area contributed by atoms with Crippen LogP contribution in [0.1, 0.15) is 12.5 Å². The normalized spacial score (nSPS) is 18.6. The quantitative estimate of drug-likeness (QED) is 0.394. The van der Waals surface area contributed by atoms with E-state index < -0.39 is 0 Å². The number of hydrogen-bond acceptors (Lipinski definition) is 4. The molecule has 1 unspecified atom stereocenters. The Morgan fingerprint density at radius 1 is 1.42 bits per heavy atom. The molecule has 1 aliphatic heterocycles. The van der Waals surface area contributed by atoms with Crippen molar-refractivity contribution in [1.82, 2.24) is 15.5 Å². The number of nitrogens with zero attached hydrogens (tertiary/aromatic N) is 2. The van der Waals surface area contributed by atoms with Crippen LogP contribution in [0.5, 0.6) is 5.75 Å². The van der Waals surface area contributed by atoms with Gasteiger partial charge in [0, 0.05) is 26.2 Å². The van der Waals surface area contributed by atoms with Crippen LogP contribution in [-0.4, -0.2) is 63.9 Å². The van der Waals surface area contributed by atoms with E-state index in [0.29, 0.717) is 6.54 Å². The molecule has 0 bridgehead atoms. The van der Waals surface area contributed by atoms with Gasteiger partial charge < -0.3 is 25.0 Å². The van der Waals surface area contributed by atoms with Crippen LogP contribution in [0.3, 0.4) is 0 Å². The number of guanidine groups is 1. The number of hydrogen-bond donors (Lipinski definition) is 2. The maximum absolute atomic E-state index is 5.77. The number of halogens is 1. The lowest BCUT2D eigenvalue weighted by molar-refractivity contribution is -0.0161. The molecule has 1 fully saturated rings. The lowest BCUT2D eigenvalue weighted by atomic mass is 10.2. The highest BCUT2D eigenvalue weighted by Crippen LogP contribution is 2.13. The molecule has 0 amide bonds. The Kier molecular flexibility index (Phi) is 10.0. The Morgan fingerprint density at radius 2 is 2.25 bits per heavy atom. The van der Waals surface area contributed by atoms with E-state index in [1.165, 1.54) is 0 Å². The summed E-state index contributed by atoms with van der Waals surface area (Å²) < 4.78 is 11.0. The topological polar surface area (TPSA) is 58.1 Å². The van der Waals surface area contributed by atoms with Crippen LogP contribution >= 0.6 is 24.0 Å². The van der Waals surface area contributed by atoms with Gasteiger partial charge in [0.25, 0.3) is 0 Å². The van der Waals surface area contributed by atoms with Gasteiger partial charge in [-0.25, -0.2) is 4.99 Å². The molecule has 0 aromatic heterocycles. The third-order valence-corrected chi connectivity index (χ3v) is 3.74. The number of likely N-dealkylation sites (N-methyl/N-ethyl adjacent to an activating group) is 1. The summed E-state index contributed by atoms with van der Waals surface area (Å²) in [6.07, 6.45) is 0.203. The first kappa shape index (κ1) is 21.0. The minimum atomic E-state index is 0. The number of morpholine rings is 1. The van der Waals surface area contributed by atoms with Crippen molar-refractivity contribution in [3.63, 3.8) is 0 Å². The van der Waals surface area contributed by atoms with Gasteiger partial charge in [-0.05, 0) is 31.7 Å². The molecule has 0 radical (unpaired) electrons. The maximum Gasteiger partial charge on any atom is 0.191 e. The second-order valence-corrected chi connectivity index (χ2v) is 5.68. The van der Waals surface area contributed by atoms with Crippen LogP contribution in [0.15, 0.2) is 29.3 Å². The molecule has 1 aromatic rings. The second-order valence-electron chi connectivity index (χ2n) is 5.68. The molecule has 1 atom stereocenters. The maximum atomic E-state index is 5.77. The summed E-state index contributed by atoms with van der Waals surface area (Å²) in [5, 5.41) is 6.64. The van der Waals surface area contributed by atoms with Crippen LogP contribution in [0, 0.1) is 0 Å². The molecule has 1 aromatic carbocycles. The number of rotatable bonds is 6. The highest BCUT2D eigenvalue weighted by atomic mass is 127. The number of nitrogens with one attached hydrogen (secondary N) is 2. The molecule has 0 aliphatic carbocycles. The number of ether oxygens (including phenoxy) is 2. The summed E-state index contributed by atoms with van der Waals surface area (Å²) in [4.78, 5) is 6.92. The molecular weight excluding hydrogens is 419 g/mol. The van der Waals surface area contributed by atoms with Crippen molar-refractivity contribution in [2.45, 2.75) is 19.6 Å². The Labute approximate surface area is 162 Å². The summed E-state index contributed by atoms with van der Waals surface area (Å²) in [5.74, 6) is 1.67. The second kappa shape index (κ2) is 11.5. The monoisotopic (exact) mass is 448 g/mol. The highest BCUT2D eigenvalue weighted by Gasteiger charge is 2.17. The minimum Gasteiger partial charge on any atom is -0.497 e. The van der Waals surface area contributed by atoms with Crippen LogP contribution in [0.25, 0.3) is 0 Å². The molecule has 7 heteroatoms. The van der Waals surface area contributed by atoms with Gasteiger partial charge in [0.2, 0.25) is 0 Å². The summed E-state index contributed by atoms with van der Waals surface area (Å²) in [6.45, 7) is 7.00. The zero-order valence-corrected chi connectivity index (χ0v) is 17.1. The van der Waals surface area contributed by atoms with Gasteiger partial charge in [-0.15, -0.1) is 24.0 Å². The van der Waals surface area contributed by atoms with Gasteiger partial charge in [0.1, 0.15) is 5.75 Å². The Balaban J connectivity index is 0.00000288. The van der Waals surface area contributed by atoms with Crippen molar-refractivity contribution < 1.29 is 9.47 Å². The zero-order valence-electron chi connectivity index (χ0n) is 14.7. The molecule has 1 saturated heterocycles. The van der Waals surface area contributed by atoms with Gasteiger partial charge in [0.15, 0.2) is 5.96 Å². The molecule has 0 spiro atoms. The van der Waals surface area contributed by atoms with Gasteiger partial charge >= 0.3 is 0 Å². The molecule has 2 rings (SSSR count). The largest absolute Gasteiger partial charge is 0.497 e. The molecule has 136 valence electrons. The van der Waals surface area contributed by atoms with E-state index in [9.17, 15) is 0 Å². The SMILES string of the molecule is CCNC(=NCc1cccc(OC)c1)NCC1CN(C)CCO1.I. The molecular formula is C17H29IN4O2. The smallest absolute Gasteiger partial charge is 0.191 e. The van der Waals surface area contributed by atoms with E-state index in [0.717, 1.165) is 50.1 Å². The third-order valence-electron chi connectivity index (χ3n) is 3.74. The minimum absolute atomic E-state index is 0. The summed E-state index contributed by atoms with van der Waals surface area (Å²) in [6, 6.07) is 7.98. The van der Waals surface area contributed by atoms with Gasteiger partial charge in [-0.2, -0.15) is 0 Å². The Bertz CT molecular complexity index is 513. The van der Waals surface area contributed by atoms with E-state index in [-0.39, 0.29) is 30.1 Å². The molecule has 1 aliphatic rings. The highest BCUT2D eigenvalue weighted by molar-refractivity contribution is 14.0. The molecule has 1 heterocycles. The van der Waals surface area contributed by atoms with Crippen molar-refractivity contribution >= 4 is 29.9 Å². The summed E-state index contributed by atoms with van der Waals surface area (Å²) in [7, 11) is 3.80. The predicted molar refractivity (Wildman–Crippen MR) is 108 cm³/mol. The van der Waals surface area contributed by atoms with E-state index in [4.69, 9.17) is 9.47 Å². The lowest BCUT2D eigenvalue weighted by Gasteiger charge is -2.30. The van der Waals surface area contributed by atoms with E-state index >= 15 is 0 Å². The molecule has 6 nitrogen and oxygen atoms in total. The standard InChI is InChI=1S/C17H28N4O2.HI/c1-4-18-17(20-12-16-13-21(2)8-9-23-16)19-11-14-6-5-7-15(10-14)22-3;/h5-7,10,16H,4,8-9,11-13H2,1-3H3,(H2,18,19,20);1H. The fourth-order valence-corrected chi connectivity index (χ4v) is 2.48. The van der Waals surface area contributed by atoms with Crippen LogP contribution in [0.2, 0.25) is 0 Å². The van der Waals surface area contributed by atoms with Crippen LogP contribution in [0.4, 0.5) is 0 Å². The van der Waals surface area contributed by atoms with Gasteiger partial charge in [0.05, 0.1) is 26.4 Å². The van der Waals surface area contributed by atoms with Crippen molar-refractivity contribution in [2.75, 3.05) is 46.9 Å². The lowest BCUT2D eigenvalue weighted by Crippen LogP contribution is -2.48. The van der Waals surface area contributed by atoms with Crippen molar-refractivity contribution in [3.8, 4) is 5.75 Å². The van der Waals surface area contributed by atoms with E-state index in [1.54, 1.807) is 7.11 Å². The first-order valence-corrected chi connectivity index (χ1v) is 8.16. The predicted octanol–water partition coefficient (Wildman–Crippen LogP) is 1.70. The number of benzene rings is 1. The first-order valence-electron chi connectivity index (χ1n) is 8.16. The fourth-order valence-electron chi connectivity index (χ4n) is 2.48. The average Bonchev–Trinajstić information content (AvgIpc) is 2.57. The van der Waals surface area contributed by atoms with Crippen LogP contribution < -0.4 is 15.4 Å². The molecule has 0 saturated carbocycles. The fraction of sp³-hybridized carbons (Fsp3) is 0.588. The van der Waals surface area contributed by atoms with Gasteiger partial charge in [-0.1, -0.05) is 12.1 Å². The average molecular weight is 448 g/mol. The van der Waals surface area contributed by atoms with Gasteiger partial charge in [-0.3, -0.25) is 0 Å². The number of methoxy groups -OCH3 is 1. The zero-order chi connectivity index (χ0) is 16.5. The van der Waals surface area contributed by atoms with Crippen LogP contribution in [-0.2, 0) is 11.3 Å². The Hall–Kier alpha value is -1.06. The van der Waals surface area contributed by atoms with Crippen molar-refractivity contribution in [2.24, 2.45) is 4.99 Å². The third kappa shape index (κ3) is 7.23. The summed E-state index contributed by atoms with van der Waals surface area (Å²) in [5.41, 5.74) is 1.12. The van der Waals surface area contributed by atoms with E-state index in [2.05, 4.69) is 40.6 Å². The van der Waals surface area contributed by atoms with E-state index in [1.807, 2.05) is 18.2 Å². The number of aliphatic imine (C=N–C) groups is 1. The first-order chi connectivity index (χ1) is 11.2.